The predicted octanol–water partition coefficient (Wildman–Crippen LogP) is 4.52. The molecule has 0 unspecified atom stereocenters. The van der Waals surface area contributed by atoms with Gasteiger partial charge in [0.2, 0.25) is 0 Å². The van der Waals surface area contributed by atoms with Gasteiger partial charge in [0.15, 0.2) is 0 Å². The van der Waals surface area contributed by atoms with Crippen LogP contribution in [0.1, 0.15) is 15.9 Å². The van der Waals surface area contributed by atoms with Crippen molar-refractivity contribution < 1.29 is 9.90 Å². The fourth-order valence-corrected chi connectivity index (χ4v) is 4.03. The molecular weight excluding hydrogens is 384 g/mol. The third-order valence-corrected chi connectivity index (χ3v) is 5.48. The number of nitrogens with zero attached hydrogens (tertiary/aromatic N) is 2. The van der Waals surface area contributed by atoms with Gasteiger partial charge in [0.1, 0.15) is 10.7 Å². The second-order valence-corrected chi connectivity index (χ2v) is 7.18. The van der Waals surface area contributed by atoms with E-state index in [2.05, 4.69) is 4.98 Å². The number of rotatable bonds is 4. The summed E-state index contributed by atoms with van der Waals surface area (Å²) in [6, 6.07) is 16.6. The van der Waals surface area contributed by atoms with E-state index in [1.54, 1.807) is 6.07 Å². The van der Waals surface area contributed by atoms with Crippen LogP contribution in [0.5, 0.6) is 0 Å². The van der Waals surface area contributed by atoms with Gasteiger partial charge < -0.3 is 5.11 Å². The Kier molecular flexibility index (Phi) is 4.51. The Morgan fingerprint density at radius 1 is 1.11 bits per heavy atom. The van der Waals surface area contributed by atoms with E-state index in [-0.39, 0.29) is 17.5 Å². The average molecular weight is 397 g/mol. The number of carbonyl (C=O) groups is 1. The van der Waals surface area contributed by atoms with Crippen LogP contribution in [0.2, 0.25) is 5.02 Å². The molecule has 7 heteroatoms. The van der Waals surface area contributed by atoms with Crippen molar-refractivity contribution in [1.82, 2.24) is 9.55 Å². The summed E-state index contributed by atoms with van der Waals surface area (Å²) < 4.78 is 1.48. The summed E-state index contributed by atoms with van der Waals surface area (Å²) in [5, 5.41) is 11.5. The molecule has 1 N–H and O–H groups in total. The summed E-state index contributed by atoms with van der Waals surface area (Å²) in [5.74, 6) is -0.663. The molecule has 0 bridgehead atoms. The molecule has 5 nitrogen and oxygen atoms in total. The molecule has 0 saturated heterocycles. The highest BCUT2D eigenvalue weighted by Crippen LogP contribution is 2.26. The number of halogens is 1. The molecule has 0 radical (unpaired) electrons. The topological polar surface area (TPSA) is 72.2 Å². The van der Waals surface area contributed by atoms with Crippen LogP contribution in [0, 0.1) is 0 Å². The molecule has 2 aromatic heterocycles. The maximum absolute atomic E-state index is 13.2. The highest BCUT2D eigenvalue weighted by atomic mass is 35.5. The maximum Gasteiger partial charge on any atom is 0.337 e. The van der Waals surface area contributed by atoms with Gasteiger partial charge in [0.25, 0.3) is 5.56 Å². The number of thiophene rings is 1. The first kappa shape index (κ1) is 17.5. The van der Waals surface area contributed by atoms with Crippen LogP contribution in [-0.4, -0.2) is 20.6 Å². The number of aromatic carboxylic acids is 1. The van der Waals surface area contributed by atoms with Crippen molar-refractivity contribution in [3.05, 3.63) is 86.5 Å². The minimum Gasteiger partial charge on any atom is -0.478 e. The Morgan fingerprint density at radius 3 is 2.52 bits per heavy atom. The van der Waals surface area contributed by atoms with Crippen molar-refractivity contribution in [3.8, 4) is 11.4 Å². The smallest absolute Gasteiger partial charge is 0.337 e. The van der Waals surface area contributed by atoms with Crippen LogP contribution in [0.15, 0.2) is 64.8 Å². The SMILES string of the molecule is O=C(O)c1csc2nc(-c3ccccc3)n(Cc3ccccc3Cl)c(=O)c12. The van der Waals surface area contributed by atoms with Crippen LogP contribution >= 0.6 is 22.9 Å². The van der Waals surface area contributed by atoms with Gasteiger partial charge in [-0.1, -0.05) is 60.1 Å². The number of hydrogen-bond donors (Lipinski definition) is 1. The van der Waals surface area contributed by atoms with Crippen LogP contribution in [0.3, 0.4) is 0 Å². The van der Waals surface area contributed by atoms with Crippen LogP contribution in [-0.2, 0) is 6.54 Å². The summed E-state index contributed by atoms with van der Waals surface area (Å²) >= 11 is 7.43. The maximum atomic E-state index is 13.2. The van der Waals surface area contributed by atoms with E-state index in [9.17, 15) is 14.7 Å². The first-order valence-electron chi connectivity index (χ1n) is 8.10. The third-order valence-electron chi connectivity index (χ3n) is 4.24. The van der Waals surface area contributed by atoms with Crippen LogP contribution in [0.4, 0.5) is 0 Å². The Hall–Kier alpha value is -2.96. The van der Waals surface area contributed by atoms with Crippen molar-refractivity contribution in [2.24, 2.45) is 0 Å². The van der Waals surface area contributed by atoms with Crippen LogP contribution < -0.4 is 5.56 Å². The average Bonchev–Trinajstić information content (AvgIpc) is 3.11. The zero-order valence-electron chi connectivity index (χ0n) is 13.9. The Balaban J connectivity index is 2.02. The van der Waals surface area contributed by atoms with Gasteiger partial charge in [-0.25, -0.2) is 9.78 Å². The molecule has 2 aromatic carbocycles. The summed E-state index contributed by atoms with van der Waals surface area (Å²) in [6.07, 6.45) is 0. The number of benzene rings is 2. The zero-order chi connectivity index (χ0) is 19.0. The predicted molar refractivity (Wildman–Crippen MR) is 107 cm³/mol. The van der Waals surface area contributed by atoms with E-state index in [1.165, 1.54) is 9.95 Å². The summed E-state index contributed by atoms with van der Waals surface area (Å²) in [6.45, 7) is 0.195. The third kappa shape index (κ3) is 3.13. The first-order valence-corrected chi connectivity index (χ1v) is 9.36. The van der Waals surface area contributed by atoms with E-state index >= 15 is 0 Å². The van der Waals surface area contributed by atoms with Gasteiger partial charge in [0.05, 0.1) is 17.5 Å². The number of carboxylic acid groups (broad SMARTS) is 1. The molecular formula is C20H13ClN2O3S. The minimum atomic E-state index is -1.14. The van der Waals surface area contributed by atoms with Gasteiger partial charge in [0, 0.05) is 16.0 Å². The van der Waals surface area contributed by atoms with Crippen molar-refractivity contribution in [2.75, 3.05) is 0 Å². The van der Waals surface area contributed by atoms with E-state index in [4.69, 9.17) is 11.6 Å². The minimum absolute atomic E-state index is 0.0278. The van der Waals surface area contributed by atoms with Crippen molar-refractivity contribution in [1.29, 1.82) is 0 Å². The summed E-state index contributed by atoms with van der Waals surface area (Å²) in [4.78, 5) is 29.8. The van der Waals surface area contributed by atoms with Gasteiger partial charge in [-0.3, -0.25) is 9.36 Å². The molecule has 0 aliphatic carbocycles. The molecule has 0 fully saturated rings. The van der Waals surface area contributed by atoms with Crippen molar-refractivity contribution >= 4 is 39.1 Å². The van der Waals surface area contributed by atoms with Crippen molar-refractivity contribution in [2.45, 2.75) is 6.54 Å². The number of carboxylic acids is 1. The molecule has 0 amide bonds. The lowest BCUT2D eigenvalue weighted by atomic mass is 10.1. The summed E-state index contributed by atoms with van der Waals surface area (Å²) in [5.41, 5.74) is 1.11. The molecule has 4 rings (SSSR count). The lowest BCUT2D eigenvalue weighted by Crippen LogP contribution is -2.24. The Morgan fingerprint density at radius 2 is 1.81 bits per heavy atom. The van der Waals surface area contributed by atoms with E-state index in [1.807, 2.05) is 48.5 Å². The van der Waals surface area contributed by atoms with Gasteiger partial charge in [-0.05, 0) is 11.6 Å². The monoisotopic (exact) mass is 396 g/mol. The fourth-order valence-electron chi connectivity index (χ4n) is 2.93. The van der Waals surface area contributed by atoms with Gasteiger partial charge >= 0.3 is 5.97 Å². The molecule has 0 spiro atoms. The number of hydrogen-bond acceptors (Lipinski definition) is 4. The van der Waals surface area contributed by atoms with E-state index < -0.39 is 11.5 Å². The van der Waals surface area contributed by atoms with E-state index in [0.29, 0.717) is 15.7 Å². The molecule has 27 heavy (non-hydrogen) atoms. The molecule has 2 heterocycles. The zero-order valence-corrected chi connectivity index (χ0v) is 15.5. The molecule has 4 aromatic rings. The molecule has 0 saturated carbocycles. The quantitative estimate of drug-likeness (QED) is 0.550. The number of fused-ring (bicyclic) bond motifs is 1. The Bertz CT molecular complexity index is 1220. The number of aromatic nitrogens is 2. The second kappa shape index (κ2) is 6.98. The molecule has 0 aliphatic rings. The molecule has 0 atom stereocenters. The van der Waals surface area contributed by atoms with Gasteiger partial charge in [-0.2, -0.15) is 0 Å². The normalized spacial score (nSPS) is 11.0. The second-order valence-electron chi connectivity index (χ2n) is 5.92. The van der Waals surface area contributed by atoms with Gasteiger partial charge in [-0.15, -0.1) is 11.3 Å². The summed E-state index contributed by atoms with van der Waals surface area (Å²) in [7, 11) is 0. The highest BCUT2D eigenvalue weighted by molar-refractivity contribution is 7.17. The van der Waals surface area contributed by atoms with E-state index in [0.717, 1.165) is 22.5 Å². The lowest BCUT2D eigenvalue weighted by molar-refractivity contribution is 0.0699. The van der Waals surface area contributed by atoms with Crippen LogP contribution in [0.25, 0.3) is 21.6 Å². The largest absolute Gasteiger partial charge is 0.478 e. The fraction of sp³-hybridized carbons (Fsp3) is 0.0500. The molecule has 0 aliphatic heterocycles. The highest BCUT2D eigenvalue weighted by Gasteiger charge is 2.20. The standard InChI is InChI=1S/C20H13ClN2O3S/c21-15-9-5-4-8-13(15)10-23-17(12-6-2-1-3-7-12)22-18-16(19(23)24)14(11-27-18)20(25)26/h1-9,11H,10H2,(H,25,26). The van der Waals surface area contributed by atoms with Crippen molar-refractivity contribution in [3.63, 3.8) is 0 Å². The first-order chi connectivity index (χ1) is 13.1. The molecule has 134 valence electrons. The lowest BCUT2D eigenvalue weighted by Gasteiger charge is -2.14. The Labute approximate surface area is 163 Å².